The number of nitrogens with one attached hydrogen (secondary N) is 3. The van der Waals surface area contributed by atoms with Gasteiger partial charge in [-0.3, -0.25) is 33.7 Å². The van der Waals surface area contributed by atoms with Crippen LogP contribution in [0.2, 0.25) is 0 Å². The summed E-state index contributed by atoms with van der Waals surface area (Å²) in [5.41, 5.74) is 0. The molecule has 0 aliphatic carbocycles. The summed E-state index contributed by atoms with van der Waals surface area (Å²) in [5.74, 6) is -1.97. The van der Waals surface area contributed by atoms with Gasteiger partial charge in [-0.25, -0.2) is 0 Å². The van der Waals surface area contributed by atoms with Gasteiger partial charge < -0.3 is 16.0 Å². The molecule has 31 heavy (non-hydrogen) atoms. The second-order valence-corrected chi connectivity index (χ2v) is 8.32. The molecule has 0 aromatic heterocycles. The Bertz CT molecular complexity index is 719. The van der Waals surface area contributed by atoms with Gasteiger partial charge in [0.25, 0.3) is 0 Å². The molecule has 1 unspecified atom stereocenters. The summed E-state index contributed by atoms with van der Waals surface area (Å²) in [6, 6.07) is 0. The molecule has 1 aliphatic heterocycles. The number of likely N-dealkylation sites (tertiary alicyclic amines) is 1. The summed E-state index contributed by atoms with van der Waals surface area (Å²) in [4.78, 5) is 72.1. The first-order chi connectivity index (χ1) is 14.5. The average molecular weight is 445 g/mol. The van der Waals surface area contributed by atoms with Crippen molar-refractivity contribution in [3.05, 3.63) is 0 Å². The predicted molar refractivity (Wildman–Crippen MR) is 119 cm³/mol. The van der Waals surface area contributed by atoms with Gasteiger partial charge in [0.1, 0.15) is 5.78 Å². The van der Waals surface area contributed by atoms with Crippen LogP contribution in [0.3, 0.4) is 0 Å². The van der Waals surface area contributed by atoms with E-state index in [0.29, 0.717) is 6.42 Å². The molecule has 10 heteroatoms. The Morgan fingerprint density at radius 3 is 2.06 bits per heavy atom. The lowest BCUT2D eigenvalue weighted by molar-refractivity contribution is -0.140. The van der Waals surface area contributed by atoms with Crippen molar-refractivity contribution in [2.24, 2.45) is 17.8 Å². The van der Waals surface area contributed by atoms with Crippen LogP contribution in [0.5, 0.6) is 0 Å². The van der Waals surface area contributed by atoms with Crippen molar-refractivity contribution in [2.75, 3.05) is 26.2 Å². The fraction of sp³-hybridized carbons (Fsp3) is 0.714. The Morgan fingerprint density at radius 2 is 1.52 bits per heavy atom. The highest BCUT2D eigenvalue weighted by atomic mass is 16.2. The van der Waals surface area contributed by atoms with Crippen molar-refractivity contribution >= 4 is 35.3 Å². The summed E-state index contributed by atoms with van der Waals surface area (Å²) >= 11 is 0. The fourth-order valence-electron chi connectivity index (χ4n) is 3.05. The van der Waals surface area contributed by atoms with Gasteiger partial charge in [0.05, 0.1) is 13.1 Å². The summed E-state index contributed by atoms with van der Waals surface area (Å²) < 4.78 is 0. The Labute approximate surface area is 187 Å². The Hall–Kier alpha value is -2.78. The van der Waals surface area contributed by atoms with E-state index in [0.717, 1.165) is 0 Å². The summed E-state index contributed by atoms with van der Waals surface area (Å²) in [5, 5.41) is 7.35. The topological polar surface area (TPSA) is 142 Å². The van der Waals surface area contributed by atoms with Crippen LogP contribution < -0.4 is 16.0 Å². The van der Waals surface area contributed by atoms with Crippen LogP contribution in [0, 0.1) is 17.8 Å². The molecule has 3 N–H and O–H groups in total. The molecule has 0 spiro atoms. The van der Waals surface area contributed by atoms with Gasteiger partial charge in [0.15, 0.2) is 0 Å². The smallest absolute Gasteiger partial charge is 0.239 e. The molecule has 1 fully saturated rings. The number of hydrogen-bond acceptors (Lipinski definition) is 6. The third-order valence-electron chi connectivity index (χ3n) is 5.10. The molecule has 1 aliphatic rings. The molecular weight excluding hydrogens is 404 g/mol. The number of hydrogen-bond donors (Lipinski definition) is 3. The SMILES string of the molecule is CC(C)C(=O)CCNC(=O)CNC(=O)CNC(=O)CCCN1C(=O)CC(C(C)C)C1=O.[HH].[HH].[HH]. The fourth-order valence-corrected chi connectivity index (χ4v) is 3.05. The van der Waals surface area contributed by atoms with E-state index in [1.54, 1.807) is 13.8 Å². The number of carbonyl (C=O) groups excluding carboxylic acids is 6. The van der Waals surface area contributed by atoms with Crippen LogP contribution in [0.25, 0.3) is 0 Å². The highest BCUT2D eigenvalue weighted by Gasteiger charge is 2.39. The van der Waals surface area contributed by atoms with Crippen molar-refractivity contribution in [1.82, 2.24) is 20.9 Å². The lowest BCUT2D eigenvalue weighted by Gasteiger charge is -2.16. The number of amides is 5. The summed E-state index contributed by atoms with van der Waals surface area (Å²) in [6.07, 6.45) is 0.832. The molecule has 0 bridgehead atoms. The van der Waals surface area contributed by atoms with Crippen molar-refractivity contribution in [2.45, 2.75) is 53.4 Å². The second-order valence-electron chi connectivity index (χ2n) is 8.32. The molecule has 0 saturated carbocycles. The largest absolute Gasteiger partial charge is 0.354 e. The van der Waals surface area contributed by atoms with Gasteiger partial charge in [-0.1, -0.05) is 27.7 Å². The average Bonchev–Trinajstić information content (AvgIpc) is 2.99. The van der Waals surface area contributed by atoms with Crippen molar-refractivity contribution in [3.8, 4) is 0 Å². The third kappa shape index (κ3) is 9.27. The normalized spacial score (nSPS) is 16.1. The van der Waals surface area contributed by atoms with Crippen LogP contribution >= 0.6 is 0 Å². The minimum absolute atomic E-state index is 0. The van der Waals surface area contributed by atoms with Gasteiger partial charge in [-0.05, 0) is 12.3 Å². The maximum atomic E-state index is 12.2. The molecule has 1 atom stereocenters. The number of imide groups is 1. The van der Waals surface area contributed by atoms with E-state index in [2.05, 4.69) is 16.0 Å². The number of Topliss-reactive ketones (excluding diaryl/α,β-unsaturated/α-hetero) is 1. The first-order valence-corrected chi connectivity index (χ1v) is 10.7. The van der Waals surface area contributed by atoms with Crippen molar-refractivity contribution in [3.63, 3.8) is 0 Å². The zero-order valence-corrected chi connectivity index (χ0v) is 18.8. The molecular formula is C21H40N4O6. The zero-order chi connectivity index (χ0) is 23.6. The number of rotatable bonds is 13. The molecule has 0 aromatic carbocycles. The monoisotopic (exact) mass is 444 g/mol. The van der Waals surface area contributed by atoms with E-state index in [9.17, 15) is 28.8 Å². The molecule has 1 saturated heterocycles. The van der Waals surface area contributed by atoms with Crippen LogP contribution in [0.1, 0.15) is 57.7 Å². The highest BCUT2D eigenvalue weighted by Crippen LogP contribution is 2.26. The van der Waals surface area contributed by atoms with Crippen LogP contribution in [0.4, 0.5) is 0 Å². The minimum Gasteiger partial charge on any atom is -0.354 e. The second kappa shape index (κ2) is 12.8. The quantitative estimate of drug-likeness (QED) is 0.353. The highest BCUT2D eigenvalue weighted by molar-refractivity contribution is 6.03. The van der Waals surface area contributed by atoms with Gasteiger partial charge in [0.2, 0.25) is 29.5 Å². The maximum Gasteiger partial charge on any atom is 0.239 e. The Morgan fingerprint density at radius 1 is 0.935 bits per heavy atom. The van der Waals surface area contributed by atoms with Crippen molar-refractivity contribution < 1.29 is 33.0 Å². The maximum absolute atomic E-state index is 12.2. The van der Waals surface area contributed by atoms with Gasteiger partial charge in [-0.15, -0.1) is 0 Å². The van der Waals surface area contributed by atoms with E-state index in [-0.39, 0.29) is 91.0 Å². The molecule has 0 aromatic rings. The van der Waals surface area contributed by atoms with E-state index < -0.39 is 11.8 Å². The first-order valence-electron chi connectivity index (χ1n) is 10.7. The summed E-state index contributed by atoms with van der Waals surface area (Å²) in [7, 11) is 0. The Balaban J connectivity index is -0.00000320. The van der Waals surface area contributed by atoms with E-state index in [4.69, 9.17) is 0 Å². The molecule has 5 amide bonds. The molecule has 180 valence electrons. The third-order valence-corrected chi connectivity index (χ3v) is 5.10. The number of carbonyl (C=O) groups is 6. The van der Waals surface area contributed by atoms with Crippen molar-refractivity contribution in [1.29, 1.82) is 0 Å². The number of ketones is 1. The number of nitrogens with zero attached hydrogens (tertiary/aromatic N) is 1. The van der Waals surface area contributed by atoms with Gasteiger partial charge in [0, 0.05) is 48.5 Å². The molecule has 0 radical (unpaired) electrons. The van der Waals surface area contributed by atoms with E-state index in [1.165, 1.54) is 4.90 Å². The zero-order valence-electron chi connectivity index (χ0n) is 18.8. The molecule has 1 rings (SSSR count). The Kier molecular flexibility index (Phi) is 10.8. The summed E-state index contributed by atoms with van der Waals surface area (Å²) in [6.45, 7) is 7.22. The molecule has 1 heterocycles. The lowest BCUT2D eigenvalue weighted by Crippen LogP contribution is -2.42. The van der Waals surface area contributed by atoms with E-state index >= 15 is 0 Å². The van der Waals surface area contributed by atoms with Crippen LogP contribution in [-0.2, 0) is 28.8 Å². The van der Waals surface area contributed by atoms with Gasteiger partial charge >= 0.3 is 0 Å². The molecule has 10 nitrogen and oxygen atoms in total. The lowest BCUT2D eigenvalue weighted by atomic mass is 9.94. The minimum atomic E-state index is -0.522. The van der Waals surface area contributed by atoms with Crippen LogP contribution in [0.15, 0.2) is 0 Å². The van der Waals surface area contributed by atoms with Gasteiger partial charge in [-0.2, -0.15) is 0 Å². The first kappa shape index (κ1) is 26.3. The standard InChI is InChI=1S/C21H34N4O6.3H2/c1-13(2)15-10-20(30)25(21(15)31)9-5-6-17(27)23-12-19(29)24-11-18(28)22-8-7-16(26)14(3)4;;;/h13-15H,5-12H2,1-4H3,(H,22,28)(H,23,27)(H,24,29);3*1H. The van der Waals surface area contributed by atoms with E-state index in [1.807, 2.05) is 13.8 Å². The van der Waals surface area contributed by atoms with Crippen LogP contribution in [-0.4, -0.2) is 66.4 Å². The predicted octanol–water partition coefficient (Wildman–Crippen LogP) is 0.500.